The van der Waals surface area contributed by atoms with E-state index < -0.39 is 14.8 Å². The molecule has 1 amide bonds. The van der Waals surface area contributed by atoms with Gasteiger partial charge in [0, 0.05) is 35.3 Å². The normalized spacial score (nSPS) is 20.1. The Bertz CT molecular complexity index is 1110. The number of nitrogens with zero attached hydrogens (tertiary/aromatic N) is 3. The molecule has 1 fully saturated rings. The van der Waals surface area contributed by atoms with Crippen LogP contribution in [0.2, 0.25) is 0 Å². The van der Waals surface area contributed by atoms with Gasteiger partial charge in [-0.1, -0.05) is 0 Å². The first-order valence-electron chi connectivity index (χ1n) is 8.94. The number of nitro benzene ring substituents is 1. The summed E-state index contributed by atoms with van der Waals surface area (Å²) < 4.78 is 25.4. The van der Waals surface area contributed by atoms with Crippen LogP contribution in [0.3, 0.4) is 0 Å². The highest BCUT2D eigenvalue weighted by Gasteiger charge is 2.34. The van der Waals surface area contributed by atoms with Crippen LogP contribution >= 0.6 is 11.8 Å². The highest BCUT2D eigenvalue weighted by atomic mass is 32.2. The summed E-state index contributed by atoms with van der Waals surface area (Å²) in [6.45, 7) is 0. The van der Waals surface area contributed by atoms with Gasteiger partial charge in [0.2, 0.25) is 5.91 Å². The first-order chi connectivity index (χ1) is 13.8. The van der Waals surface area contributed by atoms with Gasteiger partial charge in [0.1, 0.15) is 5.82 Å². The van der Waals surface area contributed by atoms with Gasteiger partial charge in [-0.3, -0.25) is 14.9 Å². The zero-order valence-corrected chi connectivity index (χ0v) is 16.9. The minimum absolute atomic E-state index is 0.0184. The van der Waals surface area contributed by atoms with E-state index in [1.54, 1.807) is 34.7 Å². The molecule has 2 aromatic rings. The lowest BCUT2D eigenvalue weighted by atomic mass is 10.2. The van der Waals surface area contributed by atoms with Gasteiger partial charge in [0.25, 0.3) is 5.69 Å². The number of sulfone groups is 1. The van der Waals surface area contributed by atoms with Crippen LogP contribution < -0.4 is 5.32 Å². The maximum Gasteiger partial charge on any atom is 0.269 e. The number of carbonyl (C=O) groups excluding carboxylic acids is 1. The molecule has 2 aliphatic heterocycles. The van der Waals surface area contributed by atoms with E-state index in [4.69, 9.17) is 0 Å². The lowest BCUT2D eigenvalue weighted by molar-refractivity contribution is -0.384. The molecule has 1 aromatic carbocycles. The third-order valence-electron chi connectivity index (χ3n) is 4.90. The van der Waals surface area contributed by atoms with Gasteiger partial charge in [-0.05, 0) is 30.2 Å². The van der Waals surface area contributed by atoms with Crippen molar-refractivity contribution in [3.8, 4) is 0 Å². The molecule has 9 nitrogen and oxygen atoms in total. The number of carbonyl (C=O) groups is 1. The van der Waals surface area contributed by atoms with E-state index in [1.807, 2.05) is 0 Å². The van der Waals surface area contributed by atoms with Crippen molar-refractivity contribution in [3.63, 3.8) is 0 Å². The Morgan fingerprint density at radius 3 is 2.72 bits per heavy atom. The largest absolute Gasteiger partial charge is 0.307 e. The minimum Gasteiger partial charge on any atom is -0.307 e. The standard InChI is InChI=1S/C18H18N4O5S2/c23-17(6-3-12-1-4-13(5-2-12)22(24)25)19-18-15-9-28-10-16(15)20-21(18)14-7-8-29(26,27)11-14/h1-6,14H,7-11H2,(H,19,23)/b6-3-. The van der Waals surface area contributed by atoms with E-state index >= 15 is 0 Å². The summed E-state index contributed by atoms with van der Waals surface area (Å²) in [5.74, 6) is 1.81. The van der Waals surface area contributed by atoms with Gasteiger partial charge >= 0.3 is 0 Å². The summed E-state index contributed by atoms with van der Waals surface area (Å²) in [6.07, 6.45) is 3.39. The molecule has 152 valence electrons. The summed E-state index contributed by atoms with van der Waals surface area (Å²) >= 11 is 1.70. The van der Waals surface area contributed by atoms with Gasteiger partial charge in [-0.2, -0.15) is 16.9 Å². The van der Waals surface area contributed by atoms with Crippen LogP contribution in [0.1, 0.15) is 29.3 Å². The number of nitrogens with one attached hydrogen (secondary N) is 1. The zero-order valence-electron chi connectivity index (χ0n) is 15.3. The molecule has 3 heterocycles. The van der Waals surface area contributed by atoms with Gasteiger partial charge < -0.3 is 5.32 Å². The van der Waals surface area contributed by atoms with Crippen molar-refractivity contribution < 1.29 is 18.1 Å². The molecule has 29 heavy (non-hydrogen) atoms. The van der Waals surface area contributed by atoms with Crippen LogP contribution in [0.25, 0.3) is 6.08 Å². The smallest absolute Gasteiger partial charge is 0.269 e. The molecule has 2 aliphatic rings. The minimum atomic E-state index is -3.08. The summed E-state index contributed by atoms with van der Waals surface area (Å²) in [5.41, 5.74) is 2.46. The van der Waals surface area contributed by atoms with Gasteiger partial charge in [0.05, 0.1) is 28.2 Å². The number of rotatable bonds is 5. The van der Waals surface area contributed by atoms with E-state index in [0.717, 1.165) is 22.8 Å². The van der Waals surface area contributed by atoms with E-state index in [0.29, 0.717) is 17.8 Å². The molecular weight excluding hydrogens is 416 g/mol. The lowest BCUT2D eigenvalue weighted by Gasteiger charge is -2.14. The van der Waals surface area contributed by atoms with Gasteiger partial charge in [-0.15, -0.1) is 0 Å². The fraction of sp³-hybridized carbons (Fsp3) is 0.333. The first-order valence-corrected chi connectivity index (χ1v) is 11.9. The van der Waals surface area contributed by atoms with Crippen LogP contribution in [0.5, 0.6) is 0 Å². The van der Waals surface area contributed by atoms with Crippen LogP contribution in [-0.4, -0.2) is 40.5 Å². The number of thioether (sulfide) groups is 1. The molecular formula is C18H18N4O5S2. The molecule has 0 spiro atoms. The highest BCUT2D eigenvalue weighted by Crippen LogP contribution is 2.38. The van der Waals surface area contributed by atoms with Crippen LogP contribution in [0.15, 0.2) is 30.3 Å². The summed E-state index contributed by atoms with van der Waals surface area (Å²) in [5, 5.41) is 18.1. The lowest BCUT2D eigenvalue weighted by Crippen LogP contribution is -2.19. The third-order valence-corrected chi connectivity index (χ3v) is 7.62. The van der Waals surface area contributed by atoms with Gasteiger partial charge in [0.15, 0.2) is 9.84 Å². The van der Waals surface area contributed by atoms with Crippen molar-refractivity contribution in [2.45, 2.75) is 24.0 Å². The molecule has 1 saturated heterocycles. The molecule has 1 atom stereocenters. The number of non-ortho nitro benzene ring substituents is 1. The molecule has 1 aromatic heterocycles. The third kappa shape index (κ3) is 4.20. The molecule has 0 bridgehead atoms. The molecule has 1 unspecified atom stereocenters. The average molecular weight is 434 g/mol. The Morgan fingerprint density at radius 2 is 2.07 bits per heavy atom. The zero-order chi connectivity index (χ0) is 20.6. The number of hydrogen-bond acceptors (Lipinski definition) is 7. The number of benzene rings is 1. The number of aromatic nitrogens is 2. The van der Waals surface area contributed by atoms with Crippen molar-refractivity contribution >= 4 is 45.1 Å². The Balaban J connectivity index is 1.53. The molecule has 0 saturated carbocycles. The molecule has 0 radical (unpaired) electrons. The van der Waals surface area contributed by atoms with E-state index in [-0.39, 0.29) is 29.1 Å². The fourth-order valence-electron chi connectivity index (χ4n) is 3.44. The molecule has 0 aliphatic carbocycles. The molecule has 4 rings (SSSR count). The summed E-state index contributed by atoms with van der Waals surface area (Å²) in [6, 6.07) is 5.59. The number of nitro groups is 1. The summed E-state index contributed by atoms with van der Waals surface area (Å²) in [4.78, 5) is 22.7. The summed E-state index contributed by atoms with van der Waals surface area (Å²) in [7, 11) is -3.08. The van der Waals surface area contributed by atoms with Crippen LogP contribution in [0, 0.1) is 10.1 Å². The monoisotopic (exact) mass is 434 g/mol. The first kappa shape index (κ1) is 19.6. The van der Waals surface area contributed by atoms with Crippen LogP contribution in [-0.2, 0) is 26.1 Å². The second-order valence-electron chi connectivity index (χ2n) is 6.94. The van der Waals surface area contributed by atoms with Crippen molar-refractivity contribution in [3.05, 3.63) is 57.3 Å². The fourth-order valence-corrected chi connectivity index (χ4v) is 6.16. The molecule has 1 N–H and O–H groups in total. The van der Waals surface area contributed by atoms with Crippen molar-refractivity contribution in [2.75, 3.05) is 16.8 Å². The van der Waals surface area contributed by atoms with E-state index in [1.165, 1.54) is 18.2 Å². The second-order valence-corrected chi connectivity index (χ2v) is 10.2. The van der Waals surface area contributed by atoms with E-state index in [9.17, 15) is 23.3 Å². The average Bonchev–Trinajstić information content (AvgIpc) is 3.36. The van der Waals surface area contributed by atoms with Gasteiger partial charge in [-0.25, -0.2) is 13.1 Å². The predicted octanol–water partition coefficient (Wildman–Crippen LogP) is 2.55. The Kier molecular flexibility index (Phi) is 5.17. The Morgan fingerprint density at radius 1 is 1.31 bits per heavy atom. The maximum atomic E-state index is 12.5. The Hall–Kier alpha value is -2.66. The number of fused-ring (bicyclic) bond motifs is 1. The quantitative estimate of drug-likeness (QED) is 0.436. The van der Waals surface area contributed by atoms with Crippen molar-refractivity contribution in [1.29, 1.82) is 0 Å². The molecule has 11 heteroatoms. The SMILES string of the molecule is O=C(/C=C\c1ccc([N+](=O)[O-])cc1)Nc1c2c(nn1C1CCS(=O)(=O)C1)CSC2. The van der Waals surface area contributed by atoms with Crippen LogP contribution in [0.4, 0.5) is 11.5 Å². The maximum absolute atomic E-state index is 12.5. The highest BCUT2D eigenvalue weighted by molar-refractivity contribution is 7.98. The Labute approximate surface area is 171 Å². The topological polar surface area (TPSA) is 124 Å². The van der Waals surface area contributed by atoms with E-state index in [2.05, 4.69) is 10.4 Å². The number of amides is 1. The number of hydrogen-bond donors (Lipinski definition) is 1. The van der Waals surface area contributed by atoms with Crippen molar-refractivity contribution in [2.24, 2.45) is 0 Å². The van der Waals surface area contributed by atoms with Crippen molar-refractivity contribution in [1.82, 2.24) is 9.78 Å². The second kappa shape index (κ2) is 7.64. The number of anilines is 1. The predicted molar refractivity (Wildman–Crippen MR) is 110 cm³/mol.